The van der Waals surface area contributed by atoms with Gasteiger partial charge in [0.05, 0.1) is 5.97 Å². The van der Waals surface area contributed by atoms with E-state index in [0.717, 1.165) is 6.08 Å². The molecule has 2 rings (SSSR count). The molecule has 10 heteroatoms. The van der Waals surface area contributed by atoms with E-state index in [2.05, 4.69) is 0 Å². The average Bonchev–Trinajstić information content (AvgIpc) is 2.66. The summed E-state index contributed by atoms with van der Waals surface area (Å²) in [6, 6.07) is 6.09. The second-order valence-electron chi connectivity index (χ2n) is 6.15. The molecular formula is C19H23KO9. The van der Waals surface area contributed by atoms with E-state index in [4.69, 9.17) is 15.6 Å². The van der Waals surface area contributed by atoms with Gasteiger partial charge in [-0.2, -0.15) is 0 Å². The molecule has 1 saturated heterocycles. The van der Waals surface area contributed by atoms with Gasteiger partial charge in [0.1, 0.15) is 36.8 Å². The fourth-order valence-corrected chi connectivity index (χ4v) is 2.51. The summed E-state index contributed by atoms with van der Waals surface area (Å²) in [6.07, 6.45) is -5.75. The molecule has 0 saturated carbocycles. The Morgan fingerprint density at radius 3 is 2.45 bits per heavy atom. The molecule has 2 unspecified atom stereocenters. The molecule has 1 heterocycles. The number of hydrogen-bond donors (Lipinski definition) is 3. The molecule has 1 aliphatic rings. The number of carboxylic acids is 1. The first-order valence-corrected chi connectivity index (χ1v) is 8.60. The van der Waals surface area contributed by atoms with Crippen LogP contribution in [0, 0.1) is 0 Å². The van der Waals surface area contributed by atoms with Gasteiger partial charge in [0.15, 0.2) is 0 Å². The molecular weight excluding hydrogens is 411 g/mol. The second-order valence-corrected chi connectivity index (χ2v) is 6.15. The zero-order valence-electron chi connectivity index (χ0n) is 17.1. The third-order valence-electron chi connectivity index (χ3n) is 3.99. The predicted molar refractivity (Wildman–Crippen MR) is 93.7 cm³/mol. The van der Waals surface area contributed by atoms with Crippen molar-refractivity contribution in [2.75, 3.05) is 6.61 Å². The number of aliphatic hydroxyl groups is 3. The van der Waals surface area contributed by atoms with Gasteiger partial charge in [-0.1, -0.05) is 25.1 Å². The molecule has 3 N–H and O–H groups in total. The Kier molecular flexibility index (Phi) is 10.8. The van der Waals surface area contributed by atoms with Gasteiger partial charge in [-0.3, -0.25) is 4.79 Å². The van der Waals surface area contributed by atoms with Crippen LogP contribution in [0.4, 0.5) is 0 Å². The van der Waals surface area contributed by atoms with Crippen molar-refractivity contribution in [1.29, 1.82) is 0 Å². The van der Waals surface area contributed by atoms with E-state index >= 15 is 0 Å². The normalized spacial score (nSPS) is 28.1. The Balaban J connectivity index is 0.00000450. The van der Waals surface area contributed by atoms with Crippen LogP contribution in [0.25, 0.3) is 6.08 Å². The number of esters is 1. The summed E-state index contributed by atoms with van der Waals surface area (Å²) in [6.45, 7) is 1.14. The fraction of sp³-hybridized carbons (Fsp3) is 0.474. The molecule has 0 spiro atoms. The molecule has 0 bridgehead atoms. The van der Waals surface area contributed by atoms with E-state index in [0.29, 0.717) is 5.56 Å². The minimum Gasteiger partial charge on any atom is -0.545 e. The zero-order valence-corrected chi connectivity index (χ0v) is 19.3. The number of carbonyl (C=O) groups excluding carboxylic acids is 2. The Bertz CT molecular complexity index is 725. The van der Waals surface area contributed by atoms with Crippen molar-refractivity contribution >= 4 is 18.0 Å². The first-order chi connectivity index (χ1) is 13.7. The predicted octanol–water partition coefficient (Wildman–Crippen LogP) is -4.02. The van der Waals surface area contributed by atoms with Gasteiger partial charge < -0.3 is 39.4 Å². The number of ether oxygens (including phenoxy) is 3. The Morgan fingerprint density at radius 1 is 1.21 bits per heavy atom. The number of aliphatic carboxylic acids is 1. The number of aliphatic hydroxyl groups excluding tert-OH is 3. The van der Waals surface area contributed by atoms with Gasteiger partial charge in [0, 0.05) is 7.79 Å². The van der Waals surface area contributed by atoms with E-state index in [1.807, 2.05) is 0 Å². The van der Waals surface area contributed by atoms with Crippen LogP contribution in [0.5, 0.6) is 5.75 Å². The van der Waals surface area contributed by atoms with Gasteiger partial charge in [0.25, 0.3) is 0 Å². The van der Waals surface area contributed by atoms with Crippen LogP contribution in [0.3, 0.4) is 0 Å². The maximum atomic E-state index is 11.6. The summed E-state index contributed by atoms with van der Waals surface area (Å²) in [5.41, 5.74) is 0.565. The number of benzene rings is 1. The molecule has 6 atom stereocenters. The van der Waals surface area contributed by atoms with Gasteiger partial charge >= 0.3 is 57.4 Å². The molecule has 9 nitrogen and oxygen atoms in total. The molecule has 1 aromatic rings. The fourth-order valence-electron chi connectivity index (χ4n) is 2.51. The zero-order chi connectivity index (χ0) is 21.6. The van der Waals surface area contributed by atoms with E-state index in [1.54, 1.807) is 12.1 Å². The maximum Gasteiger partial charge on any atom is 1.00 e. The first kappa shape index (κ1) is 24.4. The number of carbonyl (C=O) groups is 2. The second kappa shape index (κ2) is 12.8. The molecule has 0 aliphatic carbocycles. The molecule has 1 aromatic carbocycles. The summed E-state index contributed by atoms with van der Waals surface area (Å²) in [7, 11) is 0. The summed E-state index contributed by atoms with van der Waals surface area (Å²) < 4.78 is 23.2. The van der Waals surface area contributed by atoms with Gasteiger partial charge in [-0.15, -0.1) is 0 Å². The van der Waals surface area contributed by atoms with Crippen LogP contribution < -0.4 is 61.2 Å². The Labute approximate surface area is 212 Å². The minimum atomic E-state index is -1.60. The van der Waals surface area contributed by atoms with Crippen LogP contribution in [0.2, 0.25) is 0 Å². The summed E-state index contributed by atoms with van der Waals surface area (Å²) >= 11 is 0. The van der Waals surface area contributed by atoms with Crippen molar-refractivity contribution in [2.45, 2.75) is 50.4 Å². The Hall–Kier alpha value is -0.824. The van der Waals surface area contributed by atoms with Gasteiger partial charge in [-0.25, -0.2) is 0 Å². The molecule has 0 aromatic heterocycles. The monoisotopic (exact) mass is 435 g/mol. The number of hydrogen-bond acceptors (Lipinski definition) is 9. The van der Waals surface area contributed by atoms with Crippen LogP contribution in [-0.4, -0.2) is 64.6 Å². The largest absolute Gasteiger partial charge is 1.00 e. The SMILES string of the molecule is [2H]C(C)CC(=O)OC[C@H]1OC(Oc2ccc(/C=C/C(=O)[O-])cc2)[C@H](O)[C@@H](O)[C@@H]1O.[K+]. The van der Waals surface area contributed by atoms with Crippen molar-refractivity contribution in [3.63, 3.8) is 0 Å². The van der Waals surface area contributed by atoms with Crippen molar-refractivity contribution in [3.8, 4) is 5.75 Å². The summed E-state index contributed by atoms with van der Waals surface area (Å²) in [5, 5.41) is 40.6. The molecule has 29 heavy (non-hydrogen) atoms. The standard InChI is InChI=1S/C19H24O9.K/c1-2-3-15(22)26-10-13-16(23)17(24)18(25)19(28-13)27-12-7-4-11(5-8-12)6-9-14(20)21;/h4-9,13,16-19,23-25H,2-3,10H2,1H3,(H,20,21);/q;+1/p-1/b9-6+;/t13-,16-,17+,18-,19?;/m1./s1/i2D;/t2?,13-,16-,17+,18-,19?;. The Morgan fingerprint density at radius 2 is 1.86 bits per heavy atom. The van der Waals surface area contributed by atoms with Crippen LogP contribution >= 0.6 is 0 Å². The van der Waals surface area contributed by atoms with E-state index in [-0.39, 0.29) is 70.2 Å². The summed E-state index contributed by atoms with van der Waals surface area (Å²) in [5.74, 6) is -1.73. The van der Waals surface area contributed by atoms with Gasteiger partial charge in [-0.05, 0) is 30.2 Å². The molecule has 154 valence electrons. The van der Waals surface area contributed by atoms with E-state index in [9.17, 15) is 30.0 Å². The first-order valence-electron chi connectivity index (χ1n) is 9.18. The number of carboxylic acid groups (broad SMARTS) is 1. The quantitative estimate of drug-likeness (QED) is 0.211. The van der Waals surface area contributed by atoms with Crippen molar-refractivity contribution in [2.24, 2.45) is 0 Å². The smallest absolute Gasteiger partial charge is 0.545 e. The third kappa shape index (κ3) is 8.08. The third-order valence-corrected chi connectivity index (χ3v) is 3.99. The van der Waals surface area contributed by atoms with Crippen LogP contribution in [0.1, 0.15) is 26.7 Å². The maximum absolute atomic E-state index is 11.6. The van der Waals surface area contributed by atoms with Crippen LogP contribution in [-0.2, 0) is 19.1 Å². The van der Waals surface area contributed by atoms with E-state index < -0.39 is 49.0 Å². The summed E-state index contributed by atoms with van der Waals surface area (Å²) in [4.78, 5) is 22.0. The topological polar surface area (TPSA) is 146 Å². The van der Waals surface area contributed by atoms with Crippen molar-refractivity contribution in [3.05, 3.63) is 35.9 Å². The van der Waals surface area contributed by atoms with Crippen molar-refractivity contribution < 1.29 is 97.0 Å². The van der Waals surface area contributed by atoms with E-state index in [1.165, 1.54) is 25.1 Å². The average molecular weight is 435 g/mol. The molecule has 1 aliphatic heterocycles. The molecule has 0 radical (unpaired) electrons. The minimum absolute atomic E-state index is 0. The molecule has 1 fully saturated rings. The van der Waals surface area contributed by atoms with Crippen LogP contribution in [0.15, 0.2) is 30.3 Å². The number of rotatable bonds is 8. The van der Waals surface area contributed by atoms with Crippen molar-refractivity contribution in [1.82, 2.24) is 0 Å². The van der Waals surface area contributed by atoms with Gasteiger partial charge in [0.2, 0.25) is 6.29 Å². The molecule has 0 amide bonds.